The van der Waals surface area contributed by atoms with Crippen molar-refractivity contribution >= 4 is 11.9 Å². The fourth-order valence-corrected chi connectivity index (χ4v) is 2.42. The third-order valence-corrected chi connectivity index (χ3v) is 4.01. The molecule has 6 heteroatoms. The van der Waals surface area contributed by atoms with Crippen molar-refractivity contribution in [2.45, 2.75) is 39.5 Å². The molecular formula is C20H24N2O4. The Hall–Kier alpha value is -2.86. The molecular weight excluding hydrogens is 332 g/mol. The number of ether oxygens (including phenoxy) is 2. The Balaban J connectivity index is 3.05. The van der Waals surface area contributed by atoms with Gasteiger partial charge in [-0.3, -0.25) is 9.59 Å². The maximum absolute atomic E-state index is 12.4. The Kier molecular flexibility index (Phi) is 7.80. The summed E-state index contributed by atoms with van der Waals surface area (Å²) >= 11 is 0. The average Bonchev–Trinajstić information content (AvgIpc) is 2.61. The molecule has 0 aliphatic heterocycles. The van der Waals surface area contributed by atoms with Crippen LogP contribution in [0.1, 0.15) is 38.8 Å². The topological polar surface area (TPSA) is 100 Å². The Morgan fingerprint density at radius 3 is 2.15 bits per heavy atom. The summed E-state index contributed by atoms with van der Waals surface area (Å²) in [5.74, 6) is -1.88. The summed E-state index contributed by atoms with van der Waals surface area (Å²) in [5, 5.41) is 18.6. The first-order chi connectivity index (χ1) is 12.3. The molecule has 0 radical (unpaired) electrons. The highest BCUT2D eigenvalue weighted by Crippen LogP contribution is 2.33. The van der Waals surface area contributed by atoms with E-state index in [1.165, 1.54) is 6.92 Å². The molecule has 0 saturated carbocycles. The third kappa shape index (κ3) is 5.07. The van der Waals surface area contributed by atoms with Crippen molar-refractivity contribution in [3.05, 3.63) is 35.4 Å². The lowest BCUT2D eigenvalue weighted by Gasteiger charge is -2.28. The molecule has 0 bridgehead atoms. The van der Waals surface area contributed by atoms with E-state index >= 15 is 0 Å². The second-order valence-electron chi connectivity index (χ2n) is 6.56. The maximum atomic E-state index is 12.4. The molecule has 0 spiro atoms. The van der Waals surface area contributed by atoms with E-state index in [0.29, 0.717) is 12.2 Å². The molecule has 1 aromatic carbocycles. The van der Waals surface area contributed by atoms with Gasteiger partial charge in [-0.1, -0.05) is 38.1 Å². The summed E-state index contributed by atoms with van der Waals surface area (Å²) in [6.45, 7) is 7.62. The minimum Gasteiger partial charge on any atom is -0.465 e. The Bertz CT molecular complexity index is 699. The maximum Gasteiger partial charge on any atom is 0.318 e. The minimum absolute atomic E-state index is 0.114. The SMILES string of the molecule is CCOC(=O)C(C)(c1ccc(CC(=O)OCC(C)C)cc1)C(C#N)C#N. The lowest BCUT2D eigenvalue weighted by molar-refractivity contribution is -0.150. The molecule has 0 heterocycles. The van der Waals surface area contributed by atoms with Crippen LogP contribution in [0.25, 0.3) is 0 Å². The van der Waals surface area contributed by atoms with E-state index in [0.717, 1.165) is 5.56 Å². The molecule has 6 nitrogen and oxygen atoms in total. The highest BCUT2D eigenvalue weighted by Gasteiger charge is 2.45. The molecule has 1 aromatic rings. The lowest BCUT2D eigenvalue weighted by atomic mass is 9.72. The molecule has 1 atom stereocenters. The average molecular weight is 356 g/mol. The fraction of sp³-hybridized carbons (Fsp3) is 0.500. The summed E-state index contributed by atoms with van der Waals surface area (Å²) in [4.78, 5) is 24.2. The Morgan fingerprint density at radius 1 is 1.12 bits per heavy atom. The Labute approximate surface area is 154 Å². The van der Waals surface area contributed by atoms with Gasteiger partial charge in [-0.15, -0.1) is 0 Å². The van der Waals surface area contributed by atoms with Crippen LogP contribution in [0.15, 0.2) is 24.3 Å². The van der Waals surface area contributed by atoms with Gasteiger partial charge in [0, 0.05) is 0 Å². The number of hydrogen-bond acceptors (Lipinski definition) is 6. The zero-order chi connectivity index (χ0) is 19.7. The monoisotopic (exact) mass is 356 g/mol. The number of nitriles is 2. The van der Waals surface area contributed by atoms with E-state index in [2.05, 4.69) is 0 Å². The van der Waals surface area contributed by atoms with Gasteiger partial charge in [0.15, 0.2) is 5.92 Å². The molecule has 138 valence electrons. The second kappa shape index (κ2) is 9.58. The predicted molar refractivity (Wildman–Crippen MR) is 94.6 cm³/mol. The first-order valence-corrected chi connectivity index (χ1v) is 8.51. The molecule has 0 aliphatic rings. The van der Waals surface area contributed by atoms with Crippen molar-refractivity contribution in [1.29, 1.82) is 10.5 Å². The van der Waals surface area contributed by atoms with E-state index in [1.54, 1.807) is 31.2 Å². The van der Waals surface area contributed by atoms with Gasteiger partial charge in [-0.25, -0.2) is 0 Å². The minimum atomic E-state index is -1.41. The molecule has 1 unspecified atom stereocenters. The molecule has 0 aliphatic carbocycles. The zero-order valence-electron chi connectivity index (χ0n) is 15.6. The summed E-state index contributed by atoms with van der Waals surface area (Å²) in [6, 6.07) is 10.4. The third-order valence-electron chi connectivity index (χ3n) is 4.01. The summed E-state index contributed by atoms with van der Waals surface area (Å²) < 4.78 is 10.2. The van der Waals surface area contributed by atoms with Crippen molar-refractivity contribution in [2.24, 2.45) is 11.8 Å². The van der Waals surface area contributed by atoms with E-state index in [9.17, 15) is 20.1 Å². The van der Waals surface area contributed by atoms with Gasteiger partial charge in [-0.2, -0.15) is 10.5 Å². The van der Waals surface area contributed by atoms with Crippen LogP contribution in [0.4, 0.5) is 0 Å². The fourth-order valence-electron chi connectivity index (χ4n) is 2.42. The van der Waals surface area contributed by atoms with Crippen molar-refractivity contribution in [1.82, 2.24) is 0 Å². The van der Waals surface area contributed by atoms with E-state index in [-0.39, 0.29) is 24.9 Å². The van der Waals surface area contributed by atoms with E-state index < -0.39 is 17.3 Å². The smallest absolute Gasteiger partial charge is 0.318 e. The van der Waals surface area contributed by atoms with Crippen LogP contribution in [-0.4, -0.2) is 25.2 Å². The van der Waals surface area contributed by atoms with Crippen LogP contribution in [0.3, 0.4) is 0 Å². The van der Waals surface area contributed by atoms with E-state index in [1.807, 2.05) is 26.0 Å². The highest BCUT2D eigenvalue weighted by molar-refractivity contribution is 5.84. The number of hydrogen-bond donors (Lipinski definition) is 0. The lowest BCUT2D eigenvalue weighted by Crippen LogP contribution is -2.40. The molecule has 1 rings (SSSR count). The number of nitrogens with zero attached hydrogens (tertiary/aromatic N) is 2. The summed E-state index contributed by atoms with van der Waals surface area (Å²) in [7, 11) is 0. The van der Waals surface area contributed by atoms with Crippen LogP contribution in [0.5, 0.6) is 0 Å². The van der Waals surface area contributed by atoms with Crippen LogP contribution >= 0.6 is 0 Å². The largest absolute Gasteiger partial charge is 0.465 e. The van der Waals surface area contributed by atoms with E-state index in [4.69, 9.17) is 9.47 Å². The molecule has 26 heavy (non-hydrogen) atoms. The molecule has 0 saturated heterocycles. The molecule has 0 aromatic heterocycles. The molecule has 0 N–H and O–H groups in total. The van der Waals surface area contributed by atoms with Crippen molar-refractivity contribution in [2.75, 3.05) is 13.2 Å². The number of benzene rings is 1. The van der Waals surface area contributed by atoms with Crippen molar-refractivity contribution in [3.63, 3.8) is 0 Å². The first kappa shape index (κ1) is 21.2. The van der Waals surface area contributed by atoms with Gasteiger partial charge in [0.2, 0.25) is 0 Å². The standard InChI is InChI=1S/C20H24N2O4/c1-5-25-19(24)20(4,17(11-21)12-22)16-8-6-15(7-9-16)10-18(23)26-13-14(2)3/h6-9,14,17H,5,10,13H2,1-4H3. The van der Waals surface area contributed by atoms with Gasteiger partial charge in [0.1, 0.15) is 5.41 Å². The van der Waals surface area contributed by atoms with Crippen molar-refractivity contribution < 1.29 is 19.1 Å². The number of carbonyl (C=O) groups is 2. The van der Waals surface area contributed by atoms with Gasteiger partial charge in [0.05, 0.1) is 31.8 Å². The van der Waals surface area contributed by atoms with Gasteiger partial charge in [-0.05, 0) is 30.9 Å². The quantitative estimate of drug-likeness (QED) is 0.664. The number of carbonyl (C=O) groups excluding carboxylic acids is 2. The van der Waals surface area contributed by atoms with Crippen LogP contribution in [0, 0.1) is 34.5 Å². The van der Waals surface area contributed by atoms with Crippen LogP contribution < -0.4 is 0 Å². The number of esters is 2. The zero-order valence-corrected chi connectivity index (χ0v) is 15.6. The highest BCUT2D eigenvalue weighted by atomic mass is 16.5. The van der Waals surface area contributed by atoms with Gasteiger partial charge < -0.3 is 9.47 Å². The molecule has 0 fully saturated rings. The number of rotatable bonds is 8. The van der Waals surface area contributed by atoms with Crippen LogP contribution in [0.2, 0.25) is 0 Å². The summed E-state index contributed by atoms with van der Waals surface area (Å²) in [6.07, 6.45) is 0.114. The van der Waals surface area contributed by atoms with Crippen molar-refractivity contribution in [3.8, 4) is 12.1 Å². The molecule has 0 amide bonds. The van der Waals surface area contributed by atoms with Crippen LogP contribution in [-0.2, 0) is 30.9 Å². The second-order valence-corrected chi connectivity index (χ2v) is 6.56. The normalized spacial score (nSPS) is 12.8. The first-order valence-electron chi connectivity index (χ1n) is 8.51. The predicted octanol–water partition coefficient (Wildman–Crippen LogP) is 2.91. The van der Waals surface area contributed by atoms with Gasteiger partial charge >= 0.3 is 11.9 Å². The van der Waals surface area contributed by atoms with Gasteiger partial charge in [0.25, 0.3) is 0 Å². The Morgan fingerprint density at radius 2 is 1.69 bits per heavy atom. The summed E-state index contributed by atoms with van der Waals surface area (Å²) in [5.41, 5.74) is -0.196.